The van der Waals surface area contributed by atoms with Crippen molar-refractivity contribution in [2.24, 2.45) is 5.92 Å². The maximum atomic E-state index is 5.00. The number of fused-ring (bicyclic) bond motifs is 1. The molecule has 0 radical (unpaired) electrons. The van der Waals surface area contributed by atoms with Gasteiger partial charge in [0.1, 0.15) is 0 Å². The van der Waals surface area contributed by atoms with Crippen molar-refractivity contribution < 1.29 is 0 Å². The Morgan fingerprint density at radius 3 is 2.31 bits per heavy atom. The predicted octanol–water partition coefficient (Wildman–Crippen LogP) is 7.03. The molecule has 0 spiro atoms. The van der Waals surface area contributed by atoms with Crippen molar-refractivity contribution in [1.29, 1.82) is 0 Å². The van der Waals surface area contributed by atoms with Crippen molar-refractivity contribution in [2.75, 3.05) is 0 Å². The van der Waals surface area contributed by atoms with E-state index < -0.39 is 0 Å². The zero-order valence-electron chi connectivity index (χ0n) is 16.1. The summed E-state index contributed by atoms with van der Waals surface area (Å²) in [6, 6.07) is 17.8. The zero-order chi connectivity index (χ0) is 17.9. The van der Waals surface area contributed by atoms with Crippen LogP contribution in [-0.2, 0) is 6.42 Å². The molecular weight excluding hydrogens is 314 g/mol. The van der Waals surface area contributed by atoms with E-state index in [1.807, 2.05) is 0 Å². The molecule has 0 saturated heterocycles. The highest BCUT2D eigenvalue weighted by Gasteiger charge is 2.14. The summed E-state index contributed by atoms with van der Waals surface area (Å²) in [5.74, 6) is 0.849. The first-order valence-corrected chi connectivity index (χ1v) is 10.2. The number of hydrogen-bond acceptors (Lipinski definition) is 1. The molecular formula is C25H29N. The minimum Gasteiger partial charge on any atom is -0.248 e. The lowest BCUT2D eigenvalue weighted by Crippen LogP contribution is -2.04. The highest BCUT2D eigenvalue weighted by atomic mass is 14.7. The van der Waals surface area contributed by atoms with Crippen LogP contribution < -0.4 is 0 Å². The SMILES string of the molecule is Cc1cc(C)cc(-c2ccc3c(CC4CCCCCC4)cccc3n2)c1. The van der Waals surface area contributed by atoms with Gasteiger partial charge in [-0.2, -0.15) is 0 Å². The van der Waals surface area contributed by atoms with Gasteiger partial charge < -0.3 is 0 Å². The quantitative estimate of drug-likeness (QED) is 0.465. The minimum atomic E-state index is 0.849. The van der Waals surface area contributed by atoms with Gasteiger partial charge in [-0.15, -0.1) is 0 Å². The third-order valence-corrected chi connectivity index (χ3v) is 5.82. The Hall–Kier alpha value is -2.15. The summed E-state index contributed by atoms with van der Waals surface area (Å²) >= 11 is 0. The number of benzene rings is 2. The van der Waals surface area contributed by atoms with Crippen LogP contribution in [0.5, 0.6) is 0 Å². The molecule has 1 saturated carbocycles. The second-order valence-corrected chi connectivity index (χ2v) is 8.12. The van der Waals surface area contributed by atoms with Crippen molar-refractivity contribution in [1.82, 2.24) is 4.98 Å². The van der Waals surface area contributed by atoms with Crippen LogP contribution in [0, 0.1) is 19.8 Å². The van der Waals surface area contributed by atoms with Gasteiger partial charge in [0.25, 0.3) is 0 Å². The largest absolute Gasteiger partial charge is 0.248 e. The first kappa shape index (κ1) is 17.3. The molecule has 0 atom stereocenters. The molecule has 0 bridgehead atoms. The molecule has 1 aromatic heterocycles. The van der Waals surface area contributed by atoms with Gasteiger partial charge in [0, 0.05) is 10.9 Å². The monoisotopic (exact) mass is 343 g/mol. The maximum absolute atomic E-state index is 5.00. The van der Waals surface area contributed by atoms with Crippen molar-refractivity contribution in [3.05, 3.63) is 65.2 Å². The Kier molecular flexibility index (Phi) is 5.06. The van der Waals surface area contributed by atoms with Gasteiger partial charge in [0.15, 0.2) is 0 Å². The fraction of sp³-hybridized carbons (Fsp3) is 0.400. The van der Waals surface area contributed by atoms with Crippen LogP contribution in [0.4, 0.5) is 0 Å². The summed E-state index contributed by atoms with van der Waals surface area (Å²) in [6.45, 7) is 4.31. The molecule has 2 aromatic carbocycles. The van der Waals surface area contributed by atoms with Crippen molar-refractivity contribution in [3.8, 4) is 11.3 Å². The number of hydrogen-bond donors (Lipinski definition) is 0. The molecule has 0 amide bonds. The van der Waals surface area contributed by atoms with E-state index in [4.69, 9.17) is 4.98 Å². The molecule has 0 N–H and O–H groups in total. The lowest BCUT2D eigenvalue weighted by Gasteiger charge is -2.16. The highest BCUT2D eigenvalue weighted by molar-refractivity contribution is 5.84. The first-order valence-electron chi connectivity index (χ1n) is 10.2. The molecule has 0 aliphatic heterocycles. The minimum absolute atomic E-state index is 0.849. The average molecular weight is 344 g/mol. The molecule has 1 aliphatic rings. The molecule has 1 aliphatic carbocycles. The van der Waals surface area contributed by atoms with E-state index in [0.29, 0.717) is 0 Å². The van der Waals surface area contributed by atoms with Crippen LogP contribution in [-0.4, -0.2) is 4.98 Å². The molecule has 26 heavy (non-hydrogen) atoms. The smallest absolute Gasteiger partial charge is 0.0712 e. The van der Waals surface area contributed by atoms with Crippen molar-refractivity contribution in [3.63, 3.8) is 0 Å². The summed E-state index contributed by atoms with van der Waals surface area (Å²) in [7, 11) is 0. The summed E-state index contributed by atoms with van der Waals surface area (Å²) in [5.41, 5.74) is 7.50. The number of aromatic nitrogens is 1. The Labute approximate surface area is 157 Å². The zero-order valence-corrected chi connectivity index (χ0v) is 16.1. The van der Waals surface area contributed by atoms with Crippen LogP contribution in [0.3, 0.4) is 0 Å². The Balaban J connectivity index is 1.67. The molecule has 4 rings (SSSR count). The van der Waals surface area contributed by atoms with Crippen molar-refractivity contribution >= 4 is 10.9 Å². The van der Waals surface area contributed by atoms with E-state index in [0.717, 1.165) is 17.1 Å². The first-order chi connectivity index (χ1) is 12.7. The number of aryl methyl sites for hydroxylation is 2. The van der Waals surface area contributed by atoms with E-state index in [1.165, 1.54) is 72.6 Å². The third-order valence-electron chi connectivity index (χ3n) is 5.82. The Morgan fingerprint density at radius 1 is 0.846 bits per heavy atom. The summed E-state index contributed by atoms with van der Waals surface area (Å²) in [6.07, 6.45) is 9.66. The highest BCUT2D eigenvalue weighted by Crippen LogP contribution is 2.30. The van der Waals surface area contributed by atoms with Crippen LogP contribution in [0.2, 0.25) is 0 Å². The summed E-state index contributed by atoms with van der Waals surface area (Å²) in [4.78, 5) is 5.00. The van der Waals surface area contributed by atoms with Crippen LogP contribution in [0.1, 0.15) is 55.2 Å². The number of nitrogens with zero attached hydrogens (tertiary/aromatic N) is 1. The van der Waals surface area contributed by atoms with Gasteiger partial charge in [-0.05, 0) is 56.0 Å². The topological polar surface area (TPSA) is 12.9 Å². The molecule has 1 nitrogen and oxygen atoms in total. The van der Waals surface area contributed by atoms with Crippen LogP contribution in [0.15, 0.2) is 48.5 Å². The molecule has 134 valence electrons. The molecule has 0 unspecified atom stereocenters. The lowest BCUT2D eigenvalue weighted by atomic mass is 9.90. The van der Waals surface area contributed by atoms with E-state index in [2.05, 4.69) is 62.4 Å². The van der Waals surface area contributed by atoms with Crippen LogP contribution in [0.25, 0.3) is 22.2 Å². The van der Waals surface area contributed by atoms with E-state index in [9.17, 15) is 0 Å². The van der Waals surface area contributed by atoms with Gasteiger partial charge in [-0.1, -0.05) is 73.9 Å². The van der Waals surface area contributed by atoms with Gasteiger partial charge in [-0.3, -0.25) is 0 Å². The van der Waals surface area contributed by atoms with E-state index in [-0.39, 0.29) is 0 Å². The van der Waals surface area contributed by atoms with Gasteiger partial charge in [-0.25, -0.2) is 4.98 Å². The van der Waals surface area contributed by atoms with Crippen LogP contribution >= 0.6 is 0 Å². The summed E-state index contributed by atoms with van der Waals surface area (Å²) < 4.78 is 0. The second kappa shape index (κ2) is 7.61. The number of pyridine rings is 1. The maximum Gasteiger partial charge on any atom is 0.0712 e. The molecule has 3 aromatic rings. The third kappa shape index (κ3) is 3.82. The lowest BCUT2D eigenvalue weighted by molar-refractivity contribution is 0.459. The van der Waals surface area contributed by atoms with E-state index >= 15 is 0 Å². The average Bonchev–Trinajstić information content (AvgIpc) is 2.89. The Morgan fingerprint density at radius 2 is 1.58 bits per heavy atom. The molecule has 1 heterocycles. The molecule has 1 fully saturated rings. The van der Waals surface area contributed by atoms with Gasteiger partial charge in [0.05, 0.1) is 11.2 Å². The second-order valence-electron chi connectivity index (χ2n) is 8.12. The number of rotatable bonds is 3. The fourth-order valence-corrected chi connectivity index (χ4v) is 4.56. The van der Waals surface area contributed by atoms with Crippen molar-refractivity contribution in [2.45, 2.75) is 58.8 Å². The molecule has 1 heteroatoms. The summed E-state index contributed by atoms with van der Waals surface area (Å²) in [5, 5.41) is 1.34. The standard InChI is InChI=1S/C25H29N/c1-18-14-19(2)16-22(15-18)24-13-12-23-21(10-7-11-25(23)26-24)17-20-8-5-3-4-6-9-20/h7,10-16,20H,3-6,8-9,17H2,1-2H3. The predicted molar refractivity (Wildman–Crippen MR) is 112 cm³/mol. The van der Waals surface area contributed by atoms with E-state index in [1.54, 1.807) is 0 Å². The fourth-order valence-electron chi connectivity index (χ4n) is 4.56. The Bertz CT molecular complexity index is 881. The normalized spacial score (nSPS) is 15.9. The van der Waals surface area contributed by atoms with Gasteiger partial charge >= 0.3 is 0 Å². The van der Waals surface area contributed by atoms with Gasteiger partial charge in [0.2, 0.25) is 0 Å².